The fourth-order valence-electron chi connectivity index (χ4n) is 4.07. The number of hydrogen-bond acceptors (Lipinski definition) is 9. The highest BCUT2D eigenvalue weighted by molar-refractivity contribution is 9.09. The number of esters is 2. The van der Waals surface area contributed by atoms with E-state index in [-0.39, 0.29) is 6.42 Å². The standard InChI is InChI=1S/C23H30Br2O9/c1-12-20(16(9-18(28)30-12)29-11-15-7-5-4-6-8-15)34-23-19(25)22(32-14(3)27)21(31-13(2)26)17(10-24)33-23/h4-8,12,16-23,28H,9-11H2,1-3H3/t12-,16-,17+,18+,19+,20-,21+,22+,23+/m1/s1. The molecule has 0 spiro atoms. The number of rotatable bonds is 8. The van der Waals surface area contributed by atoms with Gasteiger partial charge in [0.05, 0.1) is 18.8 Å². The molecule has 1 aromatic carbocycles. The molecule has 0 aliphatic carbocycles. The molecule has 190 valence electrons. The van der Waals surface area contributed by atoms with E-state index in [4.69, 9.17) is 28.4 Å². The maximum absolute atomic E-state index is 11.8. The number of aliphatic hydroxyl groups is 1. The highest BCUT2D eigenvalue weighted by atomic mass is 79.9. The van der Waals surface area contributed by atoms with E-state index in [0.717, 1.165) is 5.56 Å². The Labute approximate surface area is 215 Å². The van der Waals surface area contributed by atoms with E-state index in [1.807, 2.05) is 30.3 Å². The Morgan fingerprint density at radius 1 is 1.06 bits per heavy atom. The zero-order valence-electron chi connectivity index (χ0n) is 19.2. The van der Waals surface area contributed by atoms with E-state index in [0.29, 0.717) is 11.9 Å². The second-order valence-corrected chi connectivity index (χ2v) is 9.96. The van der Waals surface area contributed by atoms with Gasteiger partial charge < -0.3 is 33.5 Å². The summed E-state index contributed by atoms with van der Waals surface area (Å²) in [6, 6.07) is 9.68. The van der Waals surface area contributed by atoms with E-state index in [1.54, 1.807) is 6.92 Å². The van der Waals surface area contributed by atoms with Crippen molar-refractivity contribution in [1.29, 1.82) is 0 Å². The quantitative estimate of drug-likeness (QED) is 0.351. The van der Waals surface area contributed by atoms with E-state index < -0.39 is 66.0 Å². The van der Waals surface area contributed by atoms with E-state index >= 15 is 0 Å². The molecule has 2 fully saturated rings. The molecule has 34 heavy (non-hydrogen) atoms. The third-order valence-electron chi connectivity index (χ3n) is 5.56. The van der Waals surface area contributed by atoms with Crippen LogP contribution in [0.5, 0.6) is 0 Å². The van der Waals surface area contributed by atoms with E-state index in [1.165, 1.54) is 13.8 Å². The van der Waals surface area contributed by atoms with Gasteiger partial charge in [0.2, 0.25) is 0 Å². The summed E-state index contributed by atoms with van der Waals surface area (Å²) in [7, 11) is 0. The lowest BCUT2D eigenvalue weighted by Crippen LogP contribution is -2.61. The van der Waals surface area contributed by atoms with Gasteiger partial charge in [-0.05, 0) is 12.5 Å². The van der Waals surface area contributed by atoms with Crippen LogP contribution in [0.1, 0.15) is 32.8 Å². The molecule has 0 amide bonds. The molecule has 0 aromatic heterocycles. The second kappa shape index (κ2) is 12.8. The number of carbonyl (C=O) groups is 2. The van der Waals surface area contributed by atoms with Gasteiger partial charge in [0.15, 0.2) is 24.8 Å². The van der Waals surface area contributed by atoms with Crippen LogP contribution in [0.15, 0.2) is 30.3 Å². The monoisotopic (exact) mass is 608 g/mol. The molecule has 2 aliphatic heterocycles. The molecule has 2 heterocycles. The highest BCUT2D eigenvalue weighted by Crippen LogP contribution is 2.35. The van der Waals surface area contributed by atoms with E-state index in [2.05, 4.69) is 31.9 Å². The lowest BCUT2D eigenvalue weighted by Gasteiger charge is -2.46. The highest BCUT2D eigenvalue weighted by Gasteiger charge is 2.51. The van der Waals surface area contributed by atoms with Crippen molar-refractivity contribution in [3.05, 3.63) is 35.9 Å². The molecule has 0 radical (unpaired) electrons. The molecule has 0 unspecified atom stereocenters. The molecular formula is C23H30Br2O9. The molecule has 1 aromatic rings. The molecule has 3 rings (SSSR count). The average Bonchev–Trinajstić information content (AvgIpc) is 2.78. The Balaban J connectivity index is 1.77. The minimum Gasteiger partial charge on any atom is -0.457 e. The zero-order valence-corrected chi connectivity index (χ0v) is 22.3. The number of benzene rings is 1. The number of ether oxygens (including phenoxy) is 6. The molecule has 2 aliphatic rings. The van der Waals surface area contributed by atoms with Crippen molar-refractivity contribution < 1.29 is 43.1 Å². The molecule has 9 nitrogen and oxygen atoms in total. The topological polar surface area (TPSA) is 110 Å². The maximum Gasteiger partial charge on any atom is 0.303 e. The van der Waals surface area contributed by atoms with Crippen LogP contribution in [0.2, 0.25) is 0 Å². The van der Waals surface area contributed by atoms with Crippen molar-refractivity contribution in [2.24, 2.45) is 0 Å². The Bertz CT molecular complexity index is 811. The van der Waals surface area contributed by atoms with Gasteiger partial charge in [0.1, 0.15) is 17.0 Å². The fourth-order valence-corrected chi connectivity index (χ4v) is 5.25. The van der Waals surface area contributed by atoms with Gasteiger partial charge in [-0.2, -0.15) is 0 Å². The lowest BCUT2D eigenvalue weighted by atomic mass is 9.99. The first-order valence-electron chi connectivity index (χ1n) is 11.0. The van der Waals surface area contributed by atoms with Crippen LogP contribution in [-0.2, 0) is 44.6 Å². The molecule has 0 bridgehead atoms. The molecule has 2 saturated heterocycles. The predicted molar refractivity (Wildman–Crippen MR) is 127 cm³/mol. The first kappa shape index (κ1) is 27.5. The summed E-state index contributed by atoms with van der Waals surface area (Å²) in [5, 5.41) is 10.5. The molecular weight excluding hydrogens is 580 g/mol. The van der Waals surface area contributed by atoms with Crippen LogP contribution in [0.4, 0.5) is 0 Å². The number of carbonyl (C=O) groups excluding carboxylic acids is 2. The summed E-state index contributed by atoms with van der Waals surface area (Å²) in [5.74, 6) is -1.05. The van der Waals surface area contributed by atoms with Crippen molar-refractivity contribution in [2.75, 3.05) is 5.33 Å². The van der Waals surface area contributed by atoms with Crippen molar-refractivity contribution in [2.45, 2.75) is 87.8 Å². The van der Waals surface area contributed by atoms with Gasteiger partial charge in [-0.25, -0.2) is 0 Å². The third-order valence-corrected chi connectivity index (χ3v) is 7.15. The van der Waals surface area contributed by atoms with Crippen LogP contribution >= 0.6 is 31.9 Å². The fraction of sp³-hybridized carbons (Fsp3) is 0.652. The third kappa shape index (κ3) is 7.22. The summed E-state index contributed by atoms with van der Waals surface area (Å²) in [5.41, 5.74) is 0.987. The number of halogens is 2. The summed E-state index contributed by atoms with van der Waals surface area (Å²) in [6.07, 6.45) is -5.55. The second-order valence-electron chi connectivity index (χ2n) is 8.26. The molecule has 11 heteroatoms. The van der Waals surface area contributed by atoms with Gasteiger partial charge in [-0.1, -0.05) is 62.2 Å². The Morgan fingerprint density at radius 3 is 2.32 bits per heavy atom. The SMILES string of the molecule is CC(=O)O[C@@H]1[C@@H](OC(C)=O)[C@H](Br)[C@H](O[C@@H]2[C@@H](C)O[C@H](O)C[C@H]2OCc2ccccc2)O[C@H]1CBr. The largest absolute Gasteiger partial charge is 0.457 e. The van der Waals surface area contributed by atoms with Crippen molar-refractivity contribution in [3.63, 3.8) is 0 Å². The van der Waals surface area contributed by atoms with Crippen molar-refractivity contribution in [3.8, 4) is 0 Å². The molecule has 1 N–H and O–H groups in total. The molecule has 0 saturated carbocycles. The maximum atomic E-state index is 11.8. The summed E-state index contributed by atoms with van der Waals surface area (Å²) >= 11 is 6.91. The van der Waals surface area contributed by atoms with Crippen LogP contribution in [0.3, 0.4) is 0 Å². The van der Waals surface area contributed by atoms with Crippen LogP contribution in [0, 0.1) is 0 Å². The minimum atomic E-state index is -0.986. The minimum absolute atomic E-state index is 0.215. The summed E-state index contributed by atoms with van der Waals surface area (Å²) < 4.78 is 35.1. The number of hydrogen-bond donors (Lipinski definition) is 1. The predicted octanol–water partition coefficient (Wildman–Crippen LogP) is 2.83. The van der Waals surface area contributed by atoms with Gasteiger partial charge in [-0.15, -0.1) is 0 Å². The van der Waals surface area contributed by atoms with Gasteiger partial charge >= 0.3 is 11.9 Å². The number of aliphatic hydroxyl groups excluding tert-OH is 1. The Morgan fingerprint density at radius 2 is 1.71 bits per heavy atom. The van der Waals surface area contributed by atoms with E-state index in [9.17, 15) is 14.7 Å². The van der Waals surface area contributed by atoms with Crippen molar-refractivity contribution in [1.82, 2.24) is 0 Å². The number of alkyl halides is 2. The lowest BCUT2D eigenvalue weighted by molar-refractivity contribution is -0.309. The van der Waals surface area contributed by atoms with Gasteiger partial charge in [0, 0.05) is 25.6 Å². The van der Waals surface area contributed by atoms with Crippen LogP contribution in [-0.4, -0.2) is 76.4 Å². The normalized spacial score (nSPS) is 36.0. The van der Waals surface area contributed by atoms with Crippen LogP contribution in [0.25, 0.3) is 0 Å². The summed E-state index contributed by atoms with van der Waals surface area (Å²) in [6.45, 7) is 4.68. The first-order chi connectivity index (χ1) is 16.2. The van der Waals surface area contributed by atoms with Gasteiger partial charge in [-0.3, -0.25) is 9.59 Å². The first-order valence-corrected chi connectivity index (χ1v) is 13.1. The zero-order chi connectivity index (χ0) is 24.8. The Kier molecular flexibility index (Phi) is 10.3. The summed E-state index contributed by atoms with van der Waals surface area (Å²) in [4.78, 5) is 22.8. The van der Waals surface area contributed by atoms with Crippen molar-refractivity contribution >= 4 is 43.8 Å². The smallest absolute Gasteiger partial charge is 0.303 e. The molecule has 9 atom stereocenters. The average molecular weight is 610 g/mol. The van der Waals surface area contributed by atoms with Crippen LogP contribution < -0.4 is 0 Å². The Hall–Kier alpha value is -1.08. The van der Waals surface area contributed by atoms with Gasteiger partial charge in [0.25, 0.3) is 0 Å².